The molecule has 7 heteroatoms. The van der Waals surface area contributed by atoms with Crippen molar-refractivity contribution in [2.75, 3.05) is 14.1 Å². The molecule has 0 spiro atoms. The molecular formula is C13H17N3O4. The van der Waals surface area contributed by atoms with Crippen molar-refractivity contribution in [2.24, 2.45) is 0 Å². The van der Waals surface area contributed by atoms with Gasteiger partial charge in [0.2, 0.25) is 0 Å². The predicted octanol–water partition coefficient (Wildman–Crippen LogP) is 1.87. The number of carbonyl (C=O) groups is 2. The van der Waals surface area contributed by atoms with E-state index in [1.54, 1.807) is 27.9 Å². The second kappa shape index (κ2) is 6.65. The highest BCUT2D eigenvalue weighted by Crippen LogP contribution is 2.05. The number of hydrogen-bond acceptors (Lipinski definition) is 6. The molecule has 0 unspecified atom stereocenters. The van der Waals surface area contributed by atoms with E-state index in [2.05, 4.69) is 9.97 Å². The Morgan fingerprint density at radius 2 is 1.45 bits per heavy atom. The van der Waals surface area contributed by atoms with Gasteiger partial charge in [-0.25, -0.2) is 9.97 Å². The predicted molar refractivity (Wildman–Crippen MR) is 70.5 cm³/mol. The van der Waals surface area contributed by atoms with Gasteiger partial charge in [-0.05, 0) is 13.8 Å². The summed E-state index contributed by atoms with van der Waals surface area (Å²) in [7, 11) is 3.35. The molecule has 2 aromatic rings. The highest BCUT2D eigenvalue weighted by atomic mass is 16.3. The molecule has 0 N–H and O–H groups in total. The van der Waals surface area contributed by atoms with Crippen LogP contribution in [0.25, 0.3) is 0 Å². The Hall–Kier alpha value is -2.44. The lowest BCUT2D eigenvalue weighted by molar-refractivity contribution is 0.0820. The molecule has 0 fully saturated rings. The summed E-state index contributed by atoms with van der Waals surface area (Å²) in [5, 5.41) is 0. The van der Waals surface area contributed by atoms with Gasteiger partial charge in [0.15, 0.2) is 24.3 Å². The number of aromatic nitrogens is 2. The van der Waals surface area contributed by atoms with Gasteiger partial charge in [-0.1, -0.05) is 0 Å². The quantitative estimate of drug-likeness (QED) is 0.779. The fraction of sp³-hybridized carbons (Fsp3) is 0.385. The molecule has 7 nitrogen and oxygen atoms in total. The van der Waals surface area contributed by atoms with Crippen molar-refractivity contribution in [3.63, 3.8) is 0 Å². The van der Waals surface area contributed by atoms with Gasteiger partial charge in [-0.3, -0.25) is 9.59 Å². The van der Waals surface area contributed by atoms with Crippen LogP contribution in [-0.4, -0.2) is 40.7 Å². The number of carbonyl (C=O) groups excluding carboxylic acids is 2. The zero-order valence-electron chi connectivity index (χ0n) is 12.1. The fourth-order valence-electron chi connectivity index (χ4n) is 1.37. The molecule has 0 bridgehead atoms. The monoisotopic (exact) mass is 279 g/mol. The molecule has 0 aromatic carbocycles. The minimum absolute atomic E-state index is 0.0544. The summed E-state index contributed by atoms with van der Waals surface area (Å²) in [4.78, 5) is 30.8. The third-order valence-corrected chi connectivity index (χ3v) is 2.43. The average molecular weight is 279 g/mol. The fourth-order valence-corrected chi connectivity index (χ4v) is 1.37. The van der Waals surface area contributed by atoms with Crippen molar-refractivity contribution in [3.05, 3.63) is 35.7 Å². The Kier molecular flexibility index (Phi) is 5.19. The summed E-state index contributed by atoms with van der Waals surface area (Å²) in [6, 6.07) is 0. The summed E-state index contributed by atoms with van der Waals surface area (Å²) in [5.74, 6) is 0.962. The lowest BCUT2D eigenvalue weighted by atomic mass is 10.3. The van der Waals surface area contributed by atoms with Crippen LogP contribution in [0.2, 0.25) is 0 Å². The lowest BCUT2D eigenvalue weighted by Crippen LogP contribution is -2.22. The molecule has 0 saturated carbocycles. The number of hydrogen-bond donors (Lipinski definition) is 0. The highest BCUT2D eigenvalue weighted by Gasteiger charge is 2.14. The summed E-state index contributed by atoms with van der Waals surface area (Å²) < 4.78 is 9.67. The van der Waals surface area contributed by atoms with Gasteiger partial charge in [0.25, 0.3) is 5.91 Å². The van der Waals surface area contributed by atoms with Gasteiger partial charge in [0.05, 0.1) is 0 Å². The van der Waals surface area contributed by atoms with Crippen molar-refractivity contribution in [1.82, 2.24) is 14.9 Å². The van der Waals surface area contributed by atoms with E-state index < -0.39 is 0 Å². The zero-order valence-corrected chi connectivity index (χ0v) is 12.1. The summed E-state index contributed by atoms with van der Waals surface area (Å²) in [6.45, 7) is 4.89. The Labute approximate surface area is 116 Å². The van der Waals surface area contributed by atoms with Crippen molar-refractivity contribution >= 4 is 11.7 Å². The number of aryl methyl sites for hydroxylation is 2. The summed E-state index contributed by atoms with van der Waals surface area (Å²) in [5.41, 5.74) is 0.810. The topological polar surface area (TPSA) is 89.4 Å². The van der Waals surface area contributed by atoms with Crippen molar-refractivity contribution in [3.8, 4) is 0 Å². The molecule has 0 saturated heterocycles. The standard InChI is InChI=1S/C7H10N2O2.C6H7NO2/c1-5-6(8-4-11-5)7(10)9(2)3;1-4(8)6-5(2)9-3-7-6/h4H,1-3H3;3H,1-2H3. The van der Waals surface area contributed by atoms with Crippen LogP contribution in [0.5, 0.6) is 0 Å². The van der Waals surface area contributed by atoms with Crippen LogP contribution in [0.15, 0.2) is 21.6 Å². The van der Waals surface area contributed by atoms with Gasteiger partial charge in [0.1, 0.15) is 17.2 Å². The Balaban J connectivity index is 0.000000204. The molecule has 1 amide bonds. The first-order valence-electron chi connectivity index (χ1n) is 5.87. The summed E-state index contributed by atoms with van der Waals surface area (Å²) >= 11 is 0. The third kappa shape index (κ3) is 3.78. The largest absolute Gasteiger partial charge is 0.448 e. The molecule has 0 aliphatic carbocycles. The van der Waals surface area contributed by atoms with Gasteiger partial charge in [-0.2, -0.15) is 0 Å². The van der Waals surface area contributed by atoms with Crippen molar-refractivity contribution < 1.29 is 18.4 Å². The van der Waals surface area contributed by atoms with Gasteiger partial charge in [-0.15, -0.1) is 0 Å². The van der Waals surface area contributed by atoms with Gasteiger partial charge < -0.3 is 13.7 Å². The maximum absolute atomic E-state index is 11.2. The maximum Gasteiger partial charge on any atom is 0.275 e. The first kappa shape index (κ1) is 15.6. The first-order chi connectivity index (χ1) is 9.34. The van der Waals surface area contributed by atoms with Crippen LogP contribution >= 0.6 is 0 Å². The minimum Gasteiger partial charge on any atom is -0.448 e. The Bertz CT molecular complexity index is 598. The maximum atomic E-state index is 11.2. The van der Waals surface area contributed by atoms with E-state index in [1.807, 2.05) is 0 Å². The average Bonchev–Trinajstić information content (AvgIpc) is 2.97. The molecule has 0 aliphatic heterocycles. The van der Waals surface area contributed by atoms with Crippen molar-refractivity contribution in [1.29, 1.82) is 0 Å². The number of amides is 1. The van der Waals surface area contributed by atoms with E-state index in [0.717, 1.165) is 0 Å². The number of Topliss-reactive ketones (excluding diaryl/α,β-unsaturated/α-hetero) is 1. The normalized spacial score (nSPS) is 9.65. The second-order valence-electron chi connectivity index (χ2n) is 4.27. The van der Waals surface area contributed by atoms with Crippen LogP contribution in [0.4, 0.5) is 0 Å². The molecule has 2 heterocycles. The number of ketones is 1. The minimum atomic E-state index is -0.128. The molecule has 0 radical (unpaired) electrons. The van der Waals surface area contributed by atoms with Crippen LogP contribution in [0.1, 0.15) is 39.4 Å². The Morgan fingerprint density at radius 1 is 1.00 bits per heavy atom. The second-order valence-corrected chi connectivity index (χ2v) is 4.27. The zero-order chi connectivity index (χ0) is 15.3. The van der Waals surface area contributed by atoms with Crippen LogP contribution in [0, 0.1) is 13.8 Å². The highest BCUT2D eigenvalue weighted by molar-refractivity contribution is 5.93. The number of oxazole rings is 2. The van der Waals surface area contributed by atoms with Crippen molar-refractivity contribution in [2.45, 2.75) is 20.8 Å². The van der Waals surface area contributed by atoms with Gasteiger partial charge in [0, 0.05) is 21.0 Å². The van der Waals surface area contributed by atoms with E-state index in [4.69, 9.17) is 8.83 Å². The van der Waals surface area contributed by atoms with Crippen LogP contribution in [-0.2, 0) is 0 Å². The molecular weight excluding hydrogens is 262 g/mol. The van der Waals surface area contributed by atoms with Crippen LogP contribution in [0.3, 0.4) is 0 Å². The number of nitrogens with zero attached hydrogens (tertiary/aromatic N) is 3. The first-order valence-corrected chi connectivity index (χ1v) is 5.87. The van der Waals surface area contributed by atoms with E-state index in [9.17, 15) is 9.59 Å². The van der Waals surface area contributed by atoms with Gasteiger partial charge >= 0.3 is 0 Å². The summed E-state index contributed by atoms with van der Waals surface area (Å²) in [6.07, 6.45) is 2.54. The third-order valence-electron chi connectivity index (χ3n) is 2.43. The van der Waals surface area contributed by atoms with E-state index >= 15 is 0 Å². The molecule has 20 heavy (non-hydrogen) atoms. The molecule has 108 valence electrons. The van der Waals surface area contributed by atoms with Crippen LogP contribution < -0.4 is 0 Å². The van der Waals surface area contributed by atoms with E-state index in [1.165, 1.54) is 24.6 Å². The SMILES string of the molecule is CC(=O)c1ncoc1C.Cc1ocnc1C(=O)N(C)C. The van der Waals surface area contributed by atoms with E-state index in [0.29, 0.717) is 22.9 Å². The van der Waals surface area contributed by atoms with E-state index in [-0.39, 0.29) is 11.7 Å². The molecule has 0 atom stereocenters. The molecule has 2 aromatic heterocycles. The number of rotatable bonds is 2. The lowest BCUT2D eigenvalue weighted by Gasteiger charge is -2.06. The molecule has 2 rings (SSSR count). The smallest absolute Gasteiger partial charge is 0.275 e. The molecule has 0 aliphatic rings. The Morgan fingerprint density at radius 3 is 1.70 bits per heavy atom.